The highest BCUT2D eigenvalue weighted by molar-refractivity contribution is 7.99. The molecule has 1 saturated heterocycles. The minimum atomic E-state index is -0.0473. The number of anilines is 1. The first-order valence-electron chi connectivity index (χ1n) is 4.27. The van der Waals surface area contributed by atoms with Crippen LogP contribution in [0.2, 0.25) is 0 Å². The Balaban J connectivity index is 0.00000112. The summed E-state index contributed by atoms with van der Waals surface area (Å²) < 4.78 is 0. The van der Waals surface area contributed by atoms with Crippen molar-refractivity contribution in [3.05, 3.63) is 11.6 Å². The minimum absolute atomic E-state index is 0. The van der Waals surface area contributed by atoms with Gasteiger partial charge in [-0.15, -0.1) is 35.5 Å². The summed E-state index contributed by atoms with van der Waals surface area (Å²) in [4.78, 5) is 17.6. The maximum Gasteiger partial charge on any atom is 0.246 e. The zero-order chi connectivity index (χ0) is 9.97. The standard InChI is InChI=1S/C8H11N3OS2.ClH/c1-11(8-9-2-3-14-8)7(12)6-4-13-5-10-6;/h2-3,6,10H,4-5H2,1H3;1H. The summed E-state index contributed by atoms with van der Waals surface area (Å²) in [5.41, 5.74) is 0. The maximum absolute atomic E-state index is 11.9. The second-order valence-corrected chi connectivity index (χ2v) is 4.89. The molecule has 0 aromatic carbocycles. The van der Waals surface area contributed by atoms with Gasteiger partial charge in [0.1, 0.15) is 0 Å². The van der Waals surface area contributed by atoms with Gasteiger partial charge >= 0.3 is 0 Å². The van der Waals surface area contributed by atoms with E-state index in [1.165, 1.54) is 11.3 Å². The number of carbonyl (C=O) groups excluding carboxylic acids is 1. The molecule has 1 atom stereocenters. The van der Waals surface area contributed by atoms with E-state index in [1.54, 1.807) is 29.9 Å². The number of aromatic nitrogens is 1. The van der Waals surface area contributed by atoms with Crippen LogP contribution >= 0.6 is 35.5 Å². The van der Waals surface area contributed by atoms with Gasteiger partial charge in [-0.25, -0.2) is 4.98 Å². The number of thiazole rings is 1. The lowest BCUT2D eigenvalue weighted by Gasteiger charge is -2.17. The molecule has 0 radical (unpaired) electrons. The molecule has 7 heteroatoms. The van der Waals surface area contributed by atoms with Gasteiger partial charge in [0.25, 0.3) is 0 Å². The number of hydrogen-bond acceptors (Lipinski definition) is 5. The topological polar surface area (TPSA) is 45.2 Å². The van der Waals surface area contributed by atoms with Crippen molar-refractivity contribution in [2.75, 3.05) is 23.6 Å². The third-order valence-corrected chi connectivity index (χ3v) is 3.84. The number of hydrogen-bond donors (Lipinski definition) is 1. The summed E-state index contributed by atoms with van der Waals surface area (Å²) in [6.45, 7) is 0. The Hall–Kier alpha value is -0.300. The monoisotopic (exact) mass is 265 g/mol. The molecule has 1 amide bonds. The maximum atomic E-state index is 11.9. The van der Waals surface area contributed by atoms with Crippen LogP contribution in [0.15, 0.2) is 11.6 Å². The van der Waals surface area contributed by atoms with E-state index < -0.39 is 0 Å². The summed E-state index contributed by atoms with van der Waals surface area (Å²) in [6, 6.07) is -0.0473. The highest BCUT2D eigenvalue weighted by Gasteiger charge is 2.26. The van der Waals surface area contributed by atoms with Crippen molar-refractivity contribution in [2.24, 2.45) is 0 Å². The molecule has 1 aliphatic heterocycles. The van der Waals surface area contributed by atoms with Crippen molar-refractivity contribution in [3.8, 4) is 0 Å². The number of halogens is 1. The fraction of sp³-hybridized carbons (Fsp3) is 0.500. The van der Waals surface area contributed by atoms with Gasteiger partial charge in [0, 0.05) is 30.3 Å². The van der Waals surface area contributed by atoms with Gasteiger partial charge in [0.15, 0.2) is 5.13 Å². The number of nitrogens with zero attached hydrogens (tertiary/aromatic N) is 2. The SMILES string of the molecule is CN(C(=O)C1CSCN1)c1nccs1.Cl. The smallest absolute Gasteiger partial charge is 0.246 e. The normalized spacial score (nSPS) is 19.7. The predicted octanol–water partition coefficient (Wildman–Crippen LogP) is 1.19. The van der Waals surface area contributed by atoms with Gasteiger partial charge in [0.05, 0.1) is 6.04 Å². The van der Waals surface area contributed by atoms with Crippen LogP contribution in [0, 0.1) is 0 Å². The number of likely N-dealkylation sites (N-methyl/N-ethyl adjacent to an activating group) is 1. The summed E-state index contributed by atoms with van der Waals surface area (Å²) in [6.07, 6.45) is 1.71. The quantitative estimate of drug-likeness (QED) is 0.873. The largest absolute Gasteiger partial charge is 0.296 e. The molecule has 2 rings (SSSR count). The third kappa shape index (κ3) is 2.84. The fourth-order valence-corrected chi connectivity index (χ4v) is 2.81. The fourth-order valence-electron chi connectivity index (χ4n) is 1.26. The number of amides is 1. The van der Waals surface area contributed by atoms with Crippen molar-refractivity contribution >= 4 is 46.5 Å². The Labute approximate surface area is 103 Å². The molecule has 4 nitrogen and oxygen atoms in total. The van der Waals surface area contributed by atoms with Crippen LogP contribution in [0.25, 0.3) is 0 Å². The lowest BCUT2D eigenvalue weighted by atomic mass is 10.3. The lowest BCUT2D eigenvalue weighted by molar-refractivity contribution is -0.119. The summed E-state index contributed by atoms with van der Waals surface area (Å²) in [5.74, 6) is 1.82. The Morgan fingerprint density at radius 3 is 3.07 bits per heavy atom. The van der Waals surface area contributed by atoms with E-state index in [0.717, 1.165) is 16.8 Å². The second-order valence-electron chi connectivity index (χ2n) is 2.98. The molecule has 0 spiro atoms. The number of nitrogens with one attached hydrogen (secondary N) is 1. The number of thioether (sulfide) groups is 1. The molecule has 84 valence electrons. The van der Waals surface area contributed by atoms with Crippen molar-refractivity contribution in [1.29, 1.82) is 0 Å². The molecule has 1 fully saturated rings. The molecule has 1 aromatic rings. The van der Waals surface area contributed by atoms with Crippen molar-refractivity contribution < 1.29 is 4.79 Å². The lowest BCUT2D eigenvalue weighted by Crippen LogP contribution is -2.43. The van der Waals surface area contributed by atoms with E-state index in [9.17, 15) is 4.79 Å². The van der Waals surface area contributed by atoms with Crippen molar-refractivity contribution in [1.82, 2.24) is 10.3 Å². The van der Waals surface area contributed by atoms with Crippen LogP contribution in [-0.4, -0.2) is 35.6 Å². The molecule has 0 bridgehead atoms. The van der Waals surface area contributed by atoms with E-state index in [4.69, 9.17) is 0 Å². The Morgan fingerprint density at radius 2 is 2.53 bits per heavy atom. The molecule has 1 unspecified atom stereocenters. The van der Waals surface area contributed by atoms with Gasteiger partial charge in [0.2, 0.25) is 5.91 Å². The van der Waals surface area contributed by atoms with Gasteiger partial charge in [-0.1, -0.05) is 0 Å². The number of carbonyl (C=O) groups is 1. The van der Waals surface area contributed by atoms with Crippen LogP contribution in [0.3, 0.4) is 0 Å². The molecule has 15 heavy (non-hydrogen) atoms. The van der Waals surface area contributed by atoms with E-state index >= 15 is 0 Å². The van der Waals surface area contributed by atoms with Crippen molar-refractivity contribution in [2.45, 2.75) is 6.04 Å². The Kier molecular flexibility index (Phi) is 4.85. The van der Waals surface area contributed by atoms with Gasteiger partial charge < -0.3 is 0 Å². The van der Waals surface area contributed by atoms with Crippen LogP contribution in [0.4, 0.5) is 5.13 Å². The van der Waals surface area contributed by atoms with Crippen LogP contribution in [0.5, 0.6) is 0 Å². The zero-order valence-electron chi connectivity index (χ0n) is 8.17. The average molecular weight is 266 g/mol. The van der Waals surface area contributed by atoms with Crippen molar-refractivity contribution in [3.63, 3.8) is 0 Å². The first-order valence-corrected chi connectivity index (χ1v) is 6.30. The molecule has 1 aliphatic rings. The zero-order valence-corrected chi connectivity index (χ0v) is 10.6. The summed E-state index contributed by atoms with van der Waals surface area (Å²) in [7, 11) is 1.77. The van der Waals surface area contributed by atoms with Crippen LogP contribution in [-0.2, 0) is 4.79 Å². The molecule has 0 saturated carbocycles. The third-order valence-electron chi connectivity index (χ3n) is 2.05. The molecule has 1 N–H and O–H groups in total. The molecular formula is C8H12ClN3OS2. The van der Waals surface area contributed by atoms with Gasteiger partial charge in [-0.3, -0.25) is 15.0 Å². The molecule has 2 heterocycles. The summed E-state index contributed by atoms with van der Waals surface area (Å²) in [5, 5.41) is 5.78. The molecule has 0 aliphatic carbocycles. The van der Waals surface area contributed by atoms with Crippen LogP contribution < -0.4 is 10.2 Å². The second kappa shape index (κ2) is 5.69. The molecule has 1 aromatic heterocycles. The van der Waals surface area contributed by atoms with E-state index in [0.29, 0.717) is 0 Å². The van der Waals surface area contributed by atoms with E-state index in [-0.39, 0.29) is 24.4 Å². The van der Waals surface area contributed by atoms with Crippen LogP contribution in [0.1, 0.15) is 0 Å². The van der Waals surface area contributed by atoms with E-state index in [2.05, 4.69) is 10.3 Å². The first kappa shape index (κ1) is 12.8. The Bertz CT molecular complexity index is 314. The van der Waals surface area contributed by atoms with E-state index in [1.807, 2.05) is 5.38 Å². The average Bonchev–Trinajstić information content (AvgIpc) is 2.87. The number of rotatable bonds is 2. The Morgan fingerprint density at radius 1 is 1.73 bits per heavy atom. The predicted molar refractivity (Wildman–Crippen MR) is 67.0 cm³/mol. The van der Waals surface area contributed by atoms with Gasteiger partial charge in [-0.2, -0.15) is 0 Å². The highest BCUT2D eigenvalue weighted by Crippen LogP contribution is 2.18. The minimum Gasteiger partial charge on any atom is -0.296 e. The first-order chi connectivity index (χ1) is 6.79. The van der Waals surface area contributed by atoms with Gasteiger partial charge in [-0.05, 0) is 0 Å². The highest BCUT2D eigenvalue weighted by atomic mass is 35.5. The molecular weight excluding hydrogens is 254 g/mol. The summed E-state index contributed by atoms with van der Waals surface area (Å²) >= 11 is 3.23.